The van der Waals surface area contributed by atoms with Crippen molar-refractivity contribution in [2.75, 3.05) is 11.1 Å². The van der Waals surface area contributed by atoms with Crippen molar-refractivity contribution in [1.29, 1.82) is 0 Å². The van der Waals surface area contributed by atoms with Gasteiger partial charge in [-0.25, -0.2) is 33.3 Å². The van der Waals surface area contributed by atoms with E-state index in [4.69, 9.17) is 4.98 Å². The van der Waals surface area contributed by atoms with E-state index in [1.54, 1.807) is 30.1 Å². The largest absolute Gasteiger partial charge is 0.360 e. The Labute approximate surface area is 219 Å². The fourth-order valence-corrected chi connectivity index (χ4v) is 5.30. The van der Waals surface area contributed by atoms with Gasteiger partial charge < -0.3 is 5.32 Å². The lowest BCUT2D eigenvalue weighted by Crippen LogP contribution is -2.27. The number of fused-ring (bicyclic) bond motifs is 1. The minimum atomic E-state index is -3.33. The monoisotopic (exact) mass is 532 g/mol. The minimum Gasteiger partial charge on any atom is -0.360 e. The summed E-state index contributed by atoms with van der Waals surface area (Å²) in [6.45, 7) is 4.30. The van der Waals surface area contributed by atoms with Gasteiger partial charge in [0, 0.05) is 18.7 Å². The highest BCUT2D eigenvalue weighted by atomic mass is 32.2. The second-order valence-corrected chi connectivity index (χ2v) is 12.2. The smallest absolute Gasteiger partial charge is 0.294 e. The van der Waals surface area contributed by atoms with Gasteiger partial charge in [-0.2, -0.15) is 0 Å². The van der Waals surface area contributed by atoms with E-state index < -0.39 is 9.84 Å². The highest BCUT2D eigenvalue weighted by Gasteiger charge is 2.30. The van der Waals surface area contributed by atoms with Gasteiger partial charge in [0.2, 0.25) is 0 Å². The normalized spacial score (nSPS) is 15.6. The van der Waals surface area contributed by atoms with Crippen LogP contribution in [-0.2, 0) is 22.9 Å². The third-order valence-electron chi connectivity index (χ3n) is 7.05. The highest BCUT2D eigenvalue weighted by Crippen LogP contribution is 2.43. The zero-order valence-corrected chi connectivity index (χ0v) is 22.1. The quantitative estimate of drug-likeness (QED) is 0.341. The Balaban J connectivity index is 1.35. The van der Waals surface area contributed by atoms with E-state index in [0.29, 0.717) is 41.1 Å². The Morgan fingerprint density at radius 3 is 2.53 bits per heavy atom. The molecule has 2 aliphatic rings. The molecule has 38 heavy (non-hydrogen) atoms. The molecular formula is C26H28N8O3S. The molecule has 2 saturated carbocycles. The molecule has 6 rings (SSSR count). The molecule has 0 saturated heterocycles. The molecule has 4 heterocycles. The van der Waals surface area contributed by atoms with Gasteiger partial charge in [-0.1, -0.05) is 6.92 Å². The number of aromatic nitrogens is 7. The highest BCUT2D eigenvalue weighted by molar-refractivity contribution is 7.91. The summed E-state index contributed by atoms with van der Waals surface area (Å²) in [5.41, 5.74) is 3.95. The van der Waals surface area contributed by atoms with Gasteiger partial charge in [0.1, 0.15) is 11.8 Å². The Morgan fingerprint density at radius 2 is 1.84 bits per heavy atom. The van der Waals surface area contributed by atoms with Crippen molar-refractivity contribution in [1.82, 2.24) is 34.5 Å². The van der Waals surface area contributed by atoms with E-state index in [0.717, 1.165) is 42.6 Å². The first kappa shape index (κ1) is 24.5. The summed E-state index contributed by atoms with van der Waals surface area (Å²) in [6.07, 6.45) is 8.91. The van der Waals surface area contributed by atoms with E-state index in [-0.39, 0.29) is 28.6 Å². The lowest BCUT2D eigenvalue weighted by atomic mass is 10.1. The number of rotatable bonds is 9. The van der Waals surface area contributed by atoms with E-state index in [1.807, 2.05) is 6.92 Å². The standard InChI is InChI=1S/C26H28N8O3S/c1-3-38(36,37)19-9-8-18(27-11-19)10-28-24-26(35)34(13-16-4-5-16)25-20(32-24)12-29-23(33-25)21-15(2)30-14-31-22(21)17-6-7-17/h8-9,11-12,14,16-17H,3-7,10,13H2,1-2H3,(H,28,32). The number of anilines is 1. The summed E-state index contributed by atoms with van der Waals surface area (Å²) in [7, 11) is -3.33. The van der Waals surface area contributed by atoms with Crippen LogP contribution in [0.1, 0.15) is 55.6 Å². The summed E-state index contributed by atoms with van der Waals surface area (Å²) < 4.78 is 25.8. The van der Waals surface area contributed by atoms with Crippen LogP contribution in [0.3, 0.4) is 0 Å². The van der Waals surface area contributed by atoms with Crippen LogP contribution in [0.15, 0.2) is 40.5 Å². The Bertz CT molecular complexity index is 1690. The molecule has 0 unspecified atom stereocenters. The number of sulfone groups is 1. The van der Waals surface area contributed by atoms with Crippen LogP contribution in [-0.4, -0.2) is 48.6 Å². The molecule has 4 aromatic heterocycles. The molecule has 0 amide bonds. The zero-order chi connectivity index (χ0) is 26.4. The first-order valence-electron chi connectivity index (χ1n) is 12.8. The average Bonchev–Trinajstić information content (AvgIpc) is 3.84. The van der Waals surface area contributed by atoms with Crippen LogP contribution >= 0.6 is 0 Å². The molecule has 0 aliphatic heterocycles. The van der Waals surface area contributed by atoms with Gasteiger partial charge >= 0.3 is 0 Å². The molecular weight excluding hydrogens is 504 g/mol. The summed E-state index contributed by atoms with van der Waals surface area (Å²) in [4.78, 5) is 40.9. The maximum absolute atomic E-state index is 13.5. The number of nitrogens with zero attached hydrogens (tertiary/aromatic N) is 7. The predicted molar refractivity (Wildman–Crippen MR) is 141 cm³/mol. The number of aryl methyl sites for hydroxylation is 1. The Hall–Kier alpha value is -3.80. The first-order valence-corrected chi connectivity index (χ1v) is 14.5. The molecule has 2 aliphatic carbocycles. The summed E-state index contributed by atoms with van der Waals surface area (Å²) in [6, 6.07) is 3.17. The van der Waals surface area contributed by atoms with Crippen LogP contribution in [0.4, 0.5) is 5.82 Å². The van der Waals surface area contributed by atoms with Crippen molar-refractivity contribution < 1.29 is 8.42 Å². The number of hydrogen-bond donors (Lipinski definition) is 1. The van der Waals surface area contributed by atoms with Crippen molar-refractivity contribution in [3.05, 3.63) is 58.3 Å². The summed E-state index contributed by atoms with van der Waals surface area (Å²) in [5.74, 6) is 1.53. The third-order valence-corrected chi connectivity index (χ3v) is 8.77. The van der Waals surface area contributed by atoms with Crippen LogP contribution in [0.2, 0.25) is 0 Å². The third kappa shape index (κ3) is 4.75. The van der Waals surface area contributed by atoms with Crippen molar-refractivity contribution in [2.24, 2.45) is 5.92 Å². The van der Waals surface area contributed by atoms with Crippen LogP contribution in [0, 0.1) is 12.8 Å². The molecule has 4 aromatic rings. The van der Waals surface area contributed by atoms with E-state index in [9.17, 15) is 13.2 Å². The molecule has 11 nitrogen and oxygen atoms in total. The molecule has 2 fully saturated rings. The second-order valence-electron chi connectivity index (χ2n) is 9.96. The number of pyridine rings is 1. The van der Waals surface area contributed by atoms with Crippen molar-refractivity contribution >= 4 is 26.8 Å². The Morgan fingerprint density at radius 1 is 1.03 bits per heavy atom. The van der Waals surface area contributed by atoms with Crippen LogP contribution < -0.4 is 10.9 Å². The Kier molecular flexibility index (Phi) is 6.13. The predicted octanol–water partition coefficient (Wildman–Crippen LogP) is 3.04. The minimum absolute atomic E-state index is 0.0103. The lowest BCUT2D eigenvalue weighted by molar-refractivity contribution is 0.596. The van der Waals surface area contributed by atoms with Crippen molar-refractivity contribution in [2.45, 2.75) is 63.4 Å². The van der Waals surface area contributed by atoms with Gasteiger partial charge in [-0.05, 0) is 50.7 Å². The number of nitrogens with one attached hydrogen (secondary N) is 1. The first-order chi connectivity index (χ1) is 18.3. The number of hydrogen-bond acceptors (Lipinski definition) is 10. The van der Waals surface area contributed by atoms with Gasteiger partial charge in [-0.15, -0.1) is 0 Å². The second kappa shape index (κ2) is 9.50. The van der Waals surface area contributed by atoms with Gasteiger partial charge in [0.05, 0.1) is 46.0 Å². The van der Waals surface area contributed by atoms with Crippen LogP contribution in [0.5, 0.6) is 0 Å². The summed E-state index contributed by atoms with van der Waals surface area (Å²) >= 11 is 0. The average molecular weight is 533 g/mol. The van der Waals surface area contributed by atoms with Gasteiger partial charge in [0.15, 0.2) is 27.1 Å². The maximum atomic E-state index is 13.5. The molecule has 0 bridgehead atoms. The van der Waals surface area contributed by atoms with Crippen LogP contribution in [0.25, 0.3) is 22.6 Å². The lowest BCUT2D eigenvalue weighted by Gasteiger charge is -2.14. The SMILES string of the molecule is CCS(=O)(=O)c1ccc(CNc2nc3cnc(-c4c(C)ncnc4C4CC4)nc3n(CC3CC3)c2=O)nc1. The molecule has 196 valence electrons. The van der Waals surface area contributed by atoms with E-state index >= 15 is 0 Å². The molecule has 12 heteroatoms. The molecule has 0 radical (unpaired) electrons. The molecule has 0 aromatic carbocycles. The molecule has 0 atom stereocenters. The molecule has 1 N–H and O–H groups in total. The van der Waals surface area contributed by atoms with Gasteiger partial charge in [0.25, 0.3) is 5.56 Å². The maximum Gasteiger partial charge on any atom is 0.294 e. The zero-order valence-electron chi connectivity index (χ0n) is 21.3. The fourth-order valence-electron chi connectivity index (χ4n) is 4.48. The van der Waals surface area contributed by atoms with Crippen molar-refractivity contribution in [3.63, 3.8) is 0 Å². The van der Waals surface area contributed by atoms with E-state index in [2.05, 4.69) is 30.2 Å². The molecule has 0 spiro atoms. The topological polar surface area (TPSA) is 146 Å². The fraction of sp³-hybridized carbons (Fsp3) is 0.423. The van der Waals surface area contributed by atoms with Gasteiger partial charge in [-0.3, -0.25) is 14.3 Å². The van der Waals surface area contributed by atoms with Crippen molar-refractivity contribution in [3.8, 4) is 11.4 Å². The summed E-state index contributed by atoms with van der Waals surface area (Å²) in [5, 5.41) is 3.08. The van der Waals surface area contributed by atoms with E-state index in [1.165, 1.54) is 12.3 Å².